The third-order valence-electron chi connectivity index (χ3n) is 4.22. The number of hydrogen-bond donors (Lipinski definition) is 0. The van der Waals surface area contributed by atoms with Crippen molar-refractivity contribution < 1.29 is 19.2 Å². The summed E-state index contributed by atoms with van der Waals surface area (Å²) in [6.45, 7) is 7.22. The fourth-order valence-corrected chi connectivity index (χ4v) is 2.54. The molecule has 0 aliphatic carbocycles. The molecule has 1 saturated heterocycles. The van der Waals surface area contributed by atoms with Gasteiger partial charge in [0.15, 0.2) is 5.78 Å². The number of nitrogens with zero attached hydrogens (tertiary/aromatic N) is 1. The molecule has 1 fully saturated rings. The predicted molar refractivity (Wildman–Crippen MR) is 96.9 cm³/mol. The van der Waals surface area contributed by atoms with Gasteiger partial charge in [-0.1, -0.05) is 45.0 Å². The smallest absolute Gasteiger partial charge is 0.273 e. The van der Waals surface area contributed by atoms with Crippen molar-refractivity contribution in [2.24, 2.45) is 0 Å². The van der Waals surface area contributed by atoms with Gasteiger partial charge in [0.25, 0.3) is 5.69 Å². The van der Waals surface area contributed by atoms with Crippen molar-refractivity contribution in [1.82, 2.24) is 0 Å². The number of ketones is 1. The molecule has 1 atom stereocenters. The number of benzene rings is 2. The molecule has 0 spiro atoms. The van der Waals surface area contributed by atoms with Gasteiger partial charge in [-0.2, -0.15) is 0 Å². The van der Waals surface area contributed by atoms with Crippen LogP contribution in [0.15, 0.2) is 42.5 Å². The van der Waals surface area contributed by atoms with Crippen LogP contribution >= 0.6 is 0 Å². The average Bonchev–Trinajstić information content (AvgIpc) is 3.43. The minimum absolute atomic E-state index is 0.0149. The maximum absolute atomic E-state index is 12.8. The van der Waals surface area contributed by atoms with Crippen LogP contribution in [0.5, 0.6) is 5.75 Å². The van der Waals surface area contributed by atoms with Crippen molar-refractivity contribution in [2.75, 3.05) is 13.2 Å². The summed E-state index contributed by atoms with van der Waals surface area (Å²) in [7, 11) is 0. The van der Waals surface area contributed by atoms with Gasteiger partial charge >= 0.3 is 0 Å². The molecule has 3 rings (SSSR count). The van der Waals surface area contributed by atoms with E-state index in [1.165, 1.54) is 18.2 Å². The van der Waals surface area contributed by atoms with Crippen LogP contribution < -0.4 is 4.74 Å². The van der Waals surface area contributed by atoms with Gasteiger partial charge in [0.2, 0.25) is 0 Å². The van der Waals surface area contributed by atoms with Crippen LogP contribution in [0.25, 0.3) is 0 Å². The molecule has 0 N–H and O–H groups in total. The average molecular weight is 355 g/mol. The molecule has 0 amide bonds. The number of hydrogen-bond acceptors (Lipinski definition) is 5. The normalized spacial score (nSPS) is 16.2. The minimum Gasteiger partial charge on any atom is -0.491 e. The van der Waals surface area contributed by atoms with E-state index in [1.54, 1.807) is 12.1 Å². The summed E-state index contributed by atoms with van der Waals surface area (Å²) in [5, 5.41) is 11.2. The molecule has 0 bridgehead atoms. The molecule has 2 aromatic rings. The Morgan fingerprint density at radius 2 is 1.85 bits per heavy atom. The molecule has 2 aromatic carbocycles. The fraction of sp³-hybridized carbons (Fsp3) is 0.350. The maximum atomic E-state index is 12.8. The van der Waals surface area contributed by atoms with Gasteiger partial charge in [0, 0.05) is 17.2 Å². The van der Waals surface area contributed by atoms with Gasteiger partial charge < -0.3 is 9.47 Å². The van der Waals surface area contributed by atoms with Crippen molar-refractivity contribution >= 4 is 11.5 Å². The van der Waals surface area contributed by atoms with Crippen LogP contribution in [0.2, 0.25) is 0 Å². The number of non-ortho nitro benzene ring substituents is 1. The van der Waals surface area contributed by atoms with E-state index in [-0.39, 0.29) is 28.6 Å². The van der Waals surface area contributed by atoms with Gasteiger partial charge in [-0.15, -0.1) is 0 Å². The lowest BCUT2D eigenvalue weighted by atomic mass is 9.86. The highest BCUT2D eigenvalue weighted by molar-refractivity contribution is 6.09. The topological polar surface area (TPSA) is 82.0 Å². The first-order chi connectivity index (χ1) is 12.2. The van der Waals surface area contributed by atoms with E-state index in [4.69, 9.17) is 9.47 Å². The molecular weight excluding hydrogens is 334 g/mol. The number of carbonyl (C=O) groups excluding carboxylic acids is 1. The van der Waals surface area contributed by atoms with Crippen LogP contribution in [-0.2, 0) is 10.2 Å². The van der Waals surface area contributed by atoms with E-state index in [0.29, 0.717) is 24.5 Å². The predicted octanol–water partition coefficient (Wildman–Crippen LogP) is 3.90. The number of epoxide rings is 1. The second-order valence-electron chi connectivity index (χ2n) is 7.40. The first kappa shape index (κ1) is 18.1. The quantitative estimate of drug-likeness (QED) is 0.340. The molecule has 1 aliphatic rings. The molecular formula is C20H21NO5. The van der Waals surface area contributed by atoms with E-state index < -0.39 is 4.92 Å². The molecule has 1 aliphatic heterocycles. The lowest BCUT2D eigenvalue weighted by molar-refractivity contribution is -0.385. The highest BCUT2D eigenvalue weighted by atomic mass is 16.6. The molecule has 0 aromatic heterocycles. The Labute approximate surface area is 151 Å². The largest absolute Gasteiger partial charge is 0.491 e. The van der Waals surface area contributed by atoms with Gasteiger partial charge in [-0.3, -0.25) is 14.9 Å². The summed E-state index contributed by atoms with van der Waals surface area (Å²) in [4.78, 5) is 23.4. The van der Waals surface area contributed by atoms with E-state index in [9.17, 15) is 14.9 Å². The second-order valence-corrected chi connectivity index (χ2v) is 7.40. The molecule has 0 radical (unpaired) electrons. The standard InChI is InChI=1S/C20H21NO5/c1-20(2,3)15-6-4-13(5-7-15)19(22)14-8-16(21(23)24)10-17(9-14)25-11-18-12-26-18/h4-10,18H,11-12H2,1-3H3. The van der Waals surface area contributed by atoms with Crippen LogP contribution in [0.1, 0.15) is 42.3 Å². The van der Waals surface area contributed by atoms with Crippen LogP contribution in [0, 0.1) is 10.1 Å². The first-order valence-corrected chi connectivity index (χ1v) is 8.43. The number of nitro benzene ring substituents is 1. The Morgan fingerprint density at radius 1 is 1.19 bits per heavy atom. The van der Waals surface area contributed by atoms with Gasteiger partial charge in [0.1, 0.15) is 18.5 Å². The highest BCUT2D eigenvalue weighted by Gasteiger charge is 2.24. The molecule has 26 heavy (non-hydrogen) atoms. The molecule has 6 heteroatoms. The minimum atomic E-state index is -0.528. The first-order valence-electron chi connectivity index (χ1n) is 8.43. The Bertz CT molecular complexity index is 832. The Balaban J connectivity index is 1.88. The monoisotopic (exact) mass is 355 g/mol. The van der Waals surface area contributed by atoms with Crippen molar-refractivity contribution in [3.8, 4) is 5.75 Å². The van der Waals surface area contributed by atoms with E-state index in [0.717, 1.165) is 5.56 Å². The van der Waals surface area contributed by atoms with E-state index >= 15 is 0 Å². The Morgan fingerprint density at radius 3 is 2.38 bits per heavy atom. The van der Waals surface area contributed by atoms with Gasteiger partial charge in [0.05, 0.1) is 17.6 Å². The number of ether oxygens (including phenoxy) is 2. The van der Waals surface area contributed by atoms with E-state index in [2.05, 4.69) is 20.8 Å². The zero-order valence-electron chi connectivity index (χ0n) is 15.0. The summed E-state index contributed by atoms with van der Waals surface area (Å²) in [5.41, 5.74) is 1.64. The fourth-order valence-electron chi connectivity index (χ4n) is 2.54. The molecule has 0 saturated carbocycles. The third kappa shape index (κ3) is 4.26. The number of rotatable bonds is 6. The maximum Gasteiger partial charge on any atom is 0.273 e. The zero-order valence-corrected chi connectivity index (χ0v) is 15.0. The van der Waals surface area contributed by atoms with Crippen LogP contribution in [0.3, 0.4) is 0 Å². The summed E-state index contributed by atoms with van der Waals surface area (Å²) in [6, 6.07) is 11.5. The lowest BCUT2D eigenvalue weighted by Crippen LogP contribution is -2.11. The van der Waals surface area contributed by atoms with Gasteiger partial charge in [-0.25, -0.2) is 0 Å². The lowest BCUT2D eigenvalue weighted by Gasteiger charge is -2.19. The Kier molecular flexibility index (Phi) is 4.78. The SMILES string of the molecule is CC(C)(C)c1ccc(C(=O)c2cc(OCC3CO3)cc([N+](=O)[O-])c2)cc1. The van der Waals surface area contributed by atoms with Crippen LogP contribution in [0.4, 0.5) is 5.69 Å². The molecule has 136 valence electrons. The number of carbonyl (C=O) groups is 1. The summed E-state index contributed by atoms with van der Waals surface area (Å²) in [6.07, 6.45) is 0.0263. The highest BCUT2D eigenvalue weighted by Crippen LogP contribution is 2.27. The van der Waals surface area contributed by atoms with Crippen LogP contribution in [-0.4, -0.2) is 30.0 Å². The third-order valence-corrected chi connectivity index (χ3v) is 4.22. The number of nitro groups is 1. The van der Waals surface area contributed by atoms with Crippen molar-refractivity contribution in [2.45, 2.75) is 32.3 Å². The molecule has 1 heterocycles. The zero-order chi connectivity index (χ0) is 18.9. The van der Waals surface area contributed by atoms with Crippen molar-refractivity contribution in [3.63, 3.8) is 0 Å². The summed E-state index contributed by atoms with van der Waals surface area (Å²) in [5.74, 6) is 0.0195. The van der Waals surface area contributed by atoms with E-state index in [1.807, 2.05) is 12.1 Å². The molecule has 6 nitrogen and oxygen atoms in total. The summed E-state index contributed by atoms with van der Waals surface area (Å²) < 4.78 is 10.6. The molecule has 1 unspecified atom stereocenters. The summed E-state index contributed by atoms with van der Waals surface area (Å²) >= 11 is 0. The second kappa shape index (κ2) is 6.88. The Hall–Kier alpha value is -2.73. The van der Waals surface area contributed by atoms with Crippen molar-refractivity contribution in [1.29, 1.82) is 0 Å². The van der Waals surface area contributed by atoms with Crippen molar-refractivity contribution in [3.05, 3.63) is 69.3 Å². The van der Waals surface area contributed by atoms with Gasteiger partial charge in [-0.05, 0) is 17.0 Å².